The maximum Gasteiger partial charge on any atom is 0.243 e. The van der Waals surface area contributed by atoms with Crippen LogP contribution in [0.5, 0.6) is 11.5 Å². The van der Waals surface area contributed by atoms with Crippen LogP contribution in [0.25, 0.3) is 0 Å². The summed E-state index contributed by atoms with van der Waals surface area (Å²) >= 11 is 0. The lowest BCUT2D eigenvalue weighted by molar-refractivity contribution is -0.125. The molecule has 0 bridgehead atoms. The zero-order valence-electron chi connectivity index (χ0n) is 16.3. The van der Waals surface area contributed by atoms with Gasteiger partial charge in [-0.3, -0.25) is 9.52 Å². The van der Waals surface area contributed by atoms with Crippen molar-refractivity contribution in [3.63, 3.8) is 0 Å². The lowest BCUT2D eigenvalue weighted by atomic mass is 9.72. The van der Waals surface area contributed by atoms with Crippen molar-refractivity contribution in [2.75, 3.05) is 32.2 Å². The Labute approximate surface area is 170 Å². The Kier molecular flexibility index (Phi) is 5.99. The SMILES string of the molecule is COc1cccc(C2(C(=O)NS(=O)(=O)[O-])CCN(c3ccccc3OC)CC2)c1. The van der Waals surface area contributed by atoms with Crippen molar-refractivity contribution >= 4 is 21.9 Å². The molecule has 1 amide bonds. The van der Waals surface area contributed by atoms with Crippen LogP contribution >= 0.6 is 0 Å². The molecule has 0 atom stereocenters. The van der Waals surface area contributed by atoms with Gasteiger partial charge in [-0.2, -0.15) is 0 Å². The van der Waals surface area contributed by atoms with Crippen molar-refractivity contribution in [3.8, 4) is 11.5 Å². The third-order valence-corrected chi connectivity index (χ3v) is 5.75. The zero-order valence-corrected chi connectivity index (χ0v) is 17.1. The standard InChI is InChI=1S/C20H24N2O6S/c1-27-16-7-5-6-15(14-16)20(19(23)21-29(24,25)26)10-12-22(13-11-20)17-8-3-4-9-18(17)28-2/h3-9,14H,10-13H2,1-2H3,(H,21,23)(H,24,25,26)/p-1. The Hall–Kier alpha value is -2.78. The summed E-state index contributed by atoms with van der Waals surface area (Å²) in [5, 5.41) is 0. The molecule has 1 heterocycles. The van der Waals surface area contributed by atoms with Crippen LogP contribution in [0.4, 0.5) is 5.69 Å². The van der Waals surface area contributed by atoms with Gasteiger partial charge < -0.3 is 18.9 Å². The number of nitrogens with one attached hydrogen (secondary N) is 1. The Balaban J connectivity index is 1.95. The first-order chi connectivity index (χ1) is 13.8. The number of carbonyl (C=O) groups is 1. The highest BCUT2D eigenvalue weighted by Gasteiger charge is 2.44. The largest absolute Gasteiger partial charge is 0.731 e. The molecule has 0 radical (unpaired) electrons. The van der Waals surface area contributed by atoms with Crippen LogP contribution in [0, 0.1) is 0 Å². The maximum absolute atomic E-state index is 12.9. The molecule has 0 unspecified atom stereocenters. The van der Waals surface area contributed by atoms with Gasteiger partial charge in [0.05, 0.1) is 25.3 Å². The molecule has 1 aliphatic rings. The van der Waals surface area contributed by atoms with Gasteiger partial charge in [0.1, 0.15) is 11.5 Å². The van der Waals surface area contributed by atoms with Gasteiger partial charge in [0.25, 0.3) is 0 Å². The van der Waals surface area contributed by atoms with E-state index in [-0.39, 0.29) is 0 Å². The third-order valence-electron chi connectivity index (χ3n) is 5.32. The van der Waals surface area contributed by atoms with E-state index in [2.05, 4.69) is 4.90 Å². The fourth-order valence-corrected chi connectivity index (χ4v) is 4.22. The molecule has 2 aromatic carbocycles. The first-order valence-corrected chi connectivity index (χ1v) is 10.5. The maximum atomic E-state index is 12.9. The van der Waals surface area contributed by atoms with Gasteiger partial charge in [0.15, 0.2) is 10.3 Å². The Morgan fingerprint density at radius 2 is 1.76 bits per heavy atom. The van der Waals surface area contributed by atoms with E-state index in [9.17, 15) is 17.8 Å². The molecule has 9 heteroatoms. The number of benzene rings is 2. The van der Waals surface area contributed by atoms with Gasteiger partial charge in [-0.15, -0.1) is 0 Å². The van der Waals surface area contributed by atoms with Crippen molar-refractivity contribution in [2.45, 2.75) is 18.3 Å². The summed E-state index contributed by atoms with van der Waals surface area (Å²) in [6, 6.07) is 14.5. The molecule has 0 saturated carbocycles. The lowest BCUT2D eigenvalue weighted by Gasteiger charge is -2.42. The average Bonchev–Trinajstić information content (AvgIpc) is 2.72. The molecular weight excluding hydrogens is 396 g/mol. The number of anilines is 1. The van der Waals surface area contributed by atoms with Crippen molar-refractivity contribution in [3.05, 3.63) is 54.1 Å². The molecule has 3 rings (SSSR count). The van der Waals surface area contributed by atoms with Crippen LogP contribution in [-0.2, 0) is 20.5 Å². The van der Waals surface area contributed by atoms with E-state index in [0.29, 0.717) is 43.0 Å². The van der Waals surface area contributed by atoms with E-state index in [1.807, 2.05) is 24.3 Å². The molecule has 1 N–H and O–H groups in total. The first-order valence-electron chi connectivity index (χ1n) is 9.09. The van der Waals surface area contributed by atoms with E-state index in [0.717, 1.165) is 5.69 Å². The fraction of sp³-hybridized carbons (Fsp3) is 0.350. The van der Waals surface area contributed by atoms with Crippen LogP contribution < -0.4 is 19.1 Å². The van der Waals surface area contributed by atoms with Crippen molar-refractivity contribution in [2.24, 2.45) is 0 Å². The molecule has 1 aliphatic heterocycles. The molecular formula is C20H23N2O6S-. The number of ether oxygens (including phenoxy) is 2. The van der Waals surface area contributed by atoms with E-state index < -0.39 is 21.6 Å². The Morgan fingerprint density at radius 1 is 1.07 bits per heavy atom. The van der Waals surface area contributed by atoms with Crippen LogP contribution in [0.1, 0.15) is 18.4 Å². The monoisotopic (exact) mass is 419 g/mol. The zero-order chi connectivity index (χ0) is 21.1. The number of nitrogens with zero attached hydrogens (tertiary/aromatic N) is 1. The third kappa shape index (κ3) is 4.46. The van der Waals surface area contributed by atoms with Gasteiger partial charge in [0.2, 0.25) is 5.91 Å². The Bertz CT molecular complexity index is 984. The molecule has 0 aromatic heterocycles. The predicted octanol–water partition coefficient (Wildman–Crippen LogP) is 1.82. The van der Waals surface area contributed by atoms with Crippen molar-refractivity contribution < 1.29 is 27.2 Å². The number of hydrogen-bond donors (Lipinski definition) is 1. The molecule has 156 valence electrons. The summed E-state index contributed by atoms with van der Waals surface area (Å²) in [6.07, 6.45) is 0.638. The summed E-state index contributed by atoms with van der Waals surface area (Å²) in [7, 11) is -1.82. The Morgan fingerprint density at radius 3 is 2.38 bits per heavy atom. The van der Waals surface area contributed by atoms with Gasteiger partial charge in [0, 0.05) is 13.1 Å². The van der Waals surface area contributed by atoms with E-state index in [1.54, 1.807) is 36.1 Å². The topological polar surface area (TPSA) is 108 Å². The van der Waals surface area contributed by atoms with Crippen LogP contribution in [0.2, 0.25) is 0 Å². The van der Waals surface area contributed by atoms with E-state index in [4.69, 9.17) is 9.47 Å². The highest BCUT2D eigenvalue weighted by molar-refractivity contribution is 7.84. The fourth-order valence-electron chi connectivity index (χ4n) is 3.80. The summed E-state index contributed by atoms with van der Waals surface area (Å²) < 4.78 is 45.9. The summed E-state index contributed by atoms with van der Waals surface area (Å²) in [5.74, 6) is 0.445. The summed E-state index contributed by atoms with van der Waals surface area (Å²) in [6.45, 7) is 0.952. The van der Waals surface area contributed by atoms with Crippen LogP contribution in [0.15, 0.2) is 48.5 Å². The van der Waals surface area contributed by atoms with Crippen molar-refractivity contribution in [1.29, 1.82) is 0 Å². The summed E-state index contributed by atoms with van der Waals surface area (Å²) in [5.41, 5.74) is 0.341. The molecule has 2 aromatic rings. The molecule has 1 saturated heterocycles. The summed E-state index contributed by atoms with van der Waals surface area (Å²) in [4.78, 5) is 15.0. The number of piperidine rings is 1. The minimum absolute atomic E-state index is 0.319. The number of carbonyl (C=O) groups excluding carboxylic acids is 1. The predicted molar refractivity (Wildman–Crippen MR) is 107 cm³/mol. The van der Waals surface area contributed by atoms with E-state index in [1.165, 1.54) is 7.11 Å². The number of hydrogen-bond acceptors (Lipinski definition) is 7. The van der Waals surface area contributed by atoms with Gasteiger partial charge in [-0.1, -0.05) is 24.3 Å². The quantitative estimate of drug-likeness (QED) is 0.712. The molecule has 0 spiro atoms. The average molecular weight is 419 g/mol. The van der Waals surface area contributed by atoms with Gasteiger partial charge >= 0.3 is 0 Å². The second-order valence-corrected chi connectivity index (χ2v) is 7.97. The minimum atomic E-state index is -4.93. The second-order valence-electron chi connectivity index (χ2n) is 6.86. The lowest BCUT2D eigenvalue weighted by Crippen LogP contribution is -2.53. The molecule has 0 aliphatic carbocycles. The number of para-hydroxylation sites is 2. The minimum Gasteiger partial charge on any atom is -0.731 e. The van der Waals surface area contributed by atoms with Crippen LogP contribution in [-0.4, -0.2) is 46.2 Å². The molecule has 29 heavy (non-hydrogen) atoms. The highest BCUT2D eigenvalue weighted by atomic mass is 32.2. The second kappa shape index (κ2) is 8.30. The normalized spacial score (nSPS) is 16.2. The number of methoxy groups -OCH3 is 2. The first kappa shape index (κ1) is 20.9. The smallest absolute Gasteiger partial charge is 0.243 e. The molecule has 1 fully saturated rings. The van der Waals surface area contributed by atoms with Gasteiger partial charge in [-0.25, -0.2) is 8.42 Å². The van der Waals surface area contributed by atoms with Crippen molar-refractivity contribution in [1.82, 2.24) is 4.72 Å². The van der Waals surface area contributed by atoms with Crippen LogP contribution in [0.3, 0.4) is 0 Å². The number of amides is 1. The molecule has 8 nitrogen and oxygen atoms in total. The van der Waals surface area contributed by atoms with Gasteiger partial charge in [-0.05, 0) is 42.7 Å². The number of rotatable bonds is 6. The van der Waals surface area contributed by atoms with E-state index >= 15 is 0 Å². The highest BCUT2D eigenvalue weighted by Crippen LogP contribution is 2.40.